The molecule has 0 aromatic rings. The summed E-state index contributed by atoms with van der Waals surface area (Å²) in [6.45, 7) is 8.30. The standard InChI is InChI=1S/C20H33NO4/c1-13(2)15-5-4-14(3)10-17(15)25-12-18(22)21-8-6-20(7-9-21)11-16(20)19(23)24/h13-17H,4-12H2,1-3H3,(H,23,24). The van der Waals surface area contributed by atoms with E-state index in [0.29, 0.717) is 30.8 Å². The van der Waals surface area contributed by atoms with Crippen LogP contribution in [0.5, 0.6) is 0 Å². The Bertz CT molecular complexity index is 510. The van der Waals surface area contributed by atoms with Crippen LogP contribution in [-0.4, -0.2) is 47.7 Å². The molecule has 1 amide bonds. The van der Waals surface area contributed by atoms with E-state index in [1.807, 2.05) is 4.90 Å². The smallest absolute Gasteiger partial charge is 0.307 e. The third-order valence-electron chi connectivity index (χ3n) is 6.98. The highest BCUT2D eigenvalue weighted by molar-refractivity contribution is 5.78. The number of carboxylic acids is 1. The lowest BCUT2D eigenvalue weighted by Gasteiger charge is -2.38. The Hall–Kier alpha value is -1.10. The van der Waals surface area contributed by atoms with Gasteiger partial charge in [0.05, 0.1) is 12.0 Å². The van der Waals surface area contributed by atoms with Crippen LogP contribution in [0.1, 0.15) is 59.3 Å². The van der Waals surface area contributed by atoms with Gasteiger partial charge in [-0.25, -0.2) is 0 Å². The van der Waals surface area contributed by atoms with Gasteiger partial charge in [0.15, 0.2) is 0 Å². The first-order valence-electron chi connectivity index (χ1n) is 9.94. The van der Waals surface area contributed by atoms with Crippen LogP contribution in [-0.2, 0) is 14.3 Å². The Morgan fingerprint density at radius 3 is 2.48 bits per heavy atom. The third kappa shape index (κ3) is 4.02. The minimum absolute atomic E-state index is 0.0228. The predicted octanol–water partition coefficient (Wildman–Crippen LogP) is 3.18. The molecule has 5 heteroatoms. The molecule has 1 spiro atoms. The summed E-state index contributed by atoms with van der Waals surface area (Å²) < 4.78 is 6.08. The number of carboxylic acid groups (broad SMARTS) is 1. The second-order valence-corrected chi connectivity index (χ2v) is 9.01. The van der Waals surface area contributed by atoms with Gasteiger partial charge in [-0.05, 0) is 55.3 Å². The minimum atomic E-state index is -0.672. The number of nitrogens with zero attached hydrogens (tertiary/aromatic N) is 1. The molecule has 3 rings (SSSR count). The van der Waals surface area contributed by atoms with E-state index in [-0.39, 0.29) is 30.0 Å². The van der Waals surface area contributed by atoms with E-state index in [0.717, 1.165) is 25.7 Å². The van der Waals surface area contributed by atoms with Crippen LogP contribution in [0.25, 0.3) is 0 Å². The zero-order valence-electron chi connectivity index (χ0n) is 15.9. The molecule has 142 valence electrons. The molecule has 0 radical (unpaired) electrons. The number of aliphatic carboxylic acids is 1. The highest BCUT2D eigenvalue weighted by Gasteiger charge is 2.59. The number of carbonyl (C=O) groups is 2. The van der Waals surface area contributed by atoms with E-state index in [1.54, 1.807) is 0 Å². The molecule has 4 atom stereocenters. The zero-order valence-corrected chi connectivity index (χ0v) is 15.9. The molecule has 1 N–H and O–H groups in total. The Kier molecular flexibility index (Phi) is 5.42. The van der Waals surface area contributed by atoms with Crippen molar-refractivity contribution in [2.24, 2.45) is 29.1 Å². The van der Waals surface area contributed by atoms with Crippen LogP contribution in [0, 0.1) is 29.1 Å². The maximum Gasteiger partial charge on any atom is 0.307 e. The van der Waals surface area contributed by atoms with Gasteiger partial charge >= 0.3 is 5.97 Å². The maximum absolute atomic E-state index is 12.5. The van der Waals surface area contributed by atoms with Crippen molar-refractivity contribution in [3.63, 3.8) is 0 Å². The first kappa shape index (κ1) is 18.7. The molecule has 1 saturated heterocycles. The van der Waals surface area contributed by atoms with Crippen molar-refractivity contribution in [3.8, 4) is 0 Å². The fourth-order valence-electron chi connectivity index (χ4n) is 5.03. The van der Waals surface area contributed by atoms with Crippen molar-refractivity contribution >= 4 is 11.9 Å². The second-order valence-electron chi connectivity index (χ2n) is 9.01. The molecule has 2 aliphatic carbocycles. The quantitative estimate of drug-likeness (QED) is 0.826. The molecule has 3 fully saturated rings. The van der Waals surface area contributed by atoms with E-state index >= 15 is 0 Å². The summed E-state index contributed by atoms with van der Waals surface area (Å²) in [4.78, 5) is 25.5. The number of carbonyl (C=O) groups excluding carboxylic acids is 1. The minimum Gasteiger partial charge on any atom is -0.481 e. The van der Waals surface area contributed by atoms with E-state index < -0.39 is 5.97 Å². The number of piperidine rings is 1. The zero-order chi connectivity index (χ0) is 18.2. The van der Waals surface area contributed by atoms with Gasteiger partial charge in [0.1, 0.15) is 6.61 Å². The Morgan fingerprint density at radius 2 is 1.92 bits per heavy atom. The molecule has 3 aliphatic rings. The summed E-state index contributed by atoms with van der Waals surface area (Å²) in [5.41, 5.74) is -0.0228. The number of rotatable bonds is 5. The van der Waals surface area contributed by atoms with Crippen molar-refractivity contribution in [2.45, 2.75) is 65.4 Å². The molecule has 1 heterocycles. The molecule has 0 aromatic carbocycles. The molecule has 0 bridgehead atoms. The Morgan fingerprint density at radius 1 is 1.24 bits per heavy atom. The first-order chi connectivity index (χ1) is 11.8. The fourth-order valence-corrected chi connectivity index (χ4v) is 5.03. The number of likely N-dealkylation sites (tertiary alicyclic amines) is 1. The van der Waals surface area contributed by atoms with Crippen LogP contribution in [0.15, 0.2) is 0 Å². The van der Waals surface area contributed by atoms with Crippen LogP contribution < -0.4 is 0 Å². The lowest BCUT2D eigenvalue weighted by Crippen LogP contribution is -2.43. The highest BCUT2D eigenvalue weighted by Crippen LogP contribution is 2.59. The van der Waals surface area contributed by atoms with Crippen molar-refractivity contribution in [1.82, 2.24) is 4.90 Å². The molecule has 2 saturated carbocycles. The lowest BCUT2D eigenvalue weighted by molar-refractivity contribution is -0.143. The summed E-state index contributed by atoms with van der Waals surface area (Å²) >= 11 is 0. The number of hydrogen-bond donors (Lipinski definition) is 1. The van der Waals surface area contributed by atoms with Gasteiger partial charge < -0.3 is 14.7 Å². The van der Waals surface area contributed by atoms with Crippen molar-refractivity contribution in [1.29, 1.82) is 0 Å². The summed E-state index contributed by atoms with van der Waals surface area (Å²) in [7, 11) is 0. The van der Waals surface area contributed by atoms with Gasteiger partial charge in [-0.15, -0.1) is 0 Å². The third-order valence-corrected chi connectivity index (χ3v) is 6.98. The van der Waals surface area contributed by atoms with Gasteiger partial charge in [-0.3, -0.25) is 9.59 Å². The van der Waals surface area contributed by atoms with Crippen LogP contribution in [0.2, 0.25) is 0 Å². The molecule has 5 nitrogen and oxygen atoms in total. The van der Waals surface area contributed by atoms with Crippen molar-refractivity contribution in [3.05, 3.63) is 0 Å². The molecular weight excluding hydrogens is 318 g/mol. The molecular formula is C20H33NO4. The van der Waals surface area contributed by atoms with E-state index in [4.69, 9.17) is 9.84 Å². The summed E-state index contributed by atoms with van der Waals surface area (Å²) in [5, 5.41) is 9.16. The summed E-state index contributed by atoms with van der Waals surface area (Å²) in [5.74, 6) is 1.03. The number of hydrogen-bond acceptors (Lipinski definition) is 3. The van der Waals surface area contributed by atoms with Crippen molar-refractivity contribution < 1.29 is 19.4 Å². The Labute approximate surface area is 151 Å². The number of ether oxygens (including phenoxy) is 1. The summed E-state index contributed by atoms with van der Waals surface area (Å²) in [6, 6.07) is 0. The average molecular weight is 351 g/mol. The maximum atomic E-state index is 12.5. The lowest BCUT2D eigenvalue weighted by atomic mass is 9.75. The number of amides is 1. The van der Waals surface area contributed by atoms with E-state index in [1.165, 1.54) is 12.8 Å². The normalized spacial score (nSPS) is 34.3. The van der Waals surface area contributed by atoms with Gasteiger partial charge in [0.2, 0.25) is 5.91 Å². The van der Waals surface area contributed by atoms with Gasteiger partial charge in [-0.2, -0.15) is 0 Å². The second kappa shape index (κ2) is 7.26. The van der Waals surface area contributed by atoms with Gasteiger partial charge in [-0.1, -0.05) is 27.2 Å². The van der Waals surface area contributed by atoms with Crippen LogP contribution >= 0.6 is 0 Å². The monoisotopic (exact) mass is 351 g/mol. The van der Waals surface area contributed by atoms with E-state index in [2.05, 4.69) is 20.8 Å². The predicted molar refractivity (Wildman–Crippen MR) is 95.1 cm³/mol. The van der Waals surface area contributed by atoms with E-state index in [9.17, 15) is 9.59 Å². The fraction of sp³-hybridized carbons (Fsp3) is 0.900. The first-order valence-corrected chi connectivity index (χ1v) is 9.94. The SMILES string of the molecule is CC1CCC(C(C)C)C(OCC(=O)N2CCC3(CC2)CC3C(=O)O)C1. The molecule has 25 heavy (non-hydrogen) atoms. The van der Waals surface area contributed by atoms with Crippen LogP contribution in [0.3, 0.4) is 0 Å². The highest BCUT2D eigenvalue weighted by atomic mass is 16.5. The summed E-state index contributed by atoms with van der Waals surface area (Å²) in [6.07, 6.45) is 6.14. The largest absolute Gasteiger partial charge is 0.481 e. The van der Waals surface area contributed by atoms with Crippen LogP contribution in [0.4, 0.5) is 0 Å². The molecule has 4 unspecified atom stereocenters. The van der Waals surface area contributed by atoms with Crippen molar-refractivity contribution in [2.75, 3.05) is 19.7 Å². The average Bonchev–Trinajstić information content (AvgIpc) is 3.27. The molecule has 0 aromatic heterocycles. The van der Waals surface area contributed by atoms with Gasteiger partial charge in [0.25, 0.3) is 0 Å². The van der Waals surface area contributed by atoms with Gasteiger partial charge in [0, 0.05) is 13.1 Å². The topological polar surface area (TPSA) is 66.8 Å². The molecule has 1 aliphatic heterocycles. The Balaban J connectivity index is 1.46.